The summed E-state index contributed by atoms with van der Waals surface area (Å²) >= 11 is 1.47. The average molecular weight is 493 g/mol. The van der Waals surface area contributed by atoms with Crippen molar-refractivity contribution in [3.8, 4) is 0 Å². The van der Waals surface area contributed by atoms with Crippen molar-refractivity contribution in [2.75, 3.05) is 5.75 Å². The van der Waals surface area contributed by atoms with E-state index in [-0.39, 0.29) is 29.4 Å². The van der Waals surface area contributed by atoms with Crippen LogP contribution in [0.2, 0.25) is 0 Å². The minimum atomic E-state index is -0.640. The number of rotatable bonds is 11. The Morgan fingerprint density at radius 2 is 1.60 bits per heavy atom. The molecule has 2 amide bonds. The second-order valence-electron chi connectivity index (χ2n) is 9.00. The largest absolute Gasteiger partial charge is 0.352 e. The van der Waals surface area contributed by atoms with Gasteiger partial charge < -0.3 is 10.2 Å². The molecule has 184 valence electrons. The fourth-order valence-electron chi connectivity index (χ4n) is 3.86. The van der Waals surface area contributed by atoms with Crippen molar-refractivity contribution in [3.63, 3.8) is 0 Å². The molecule has 6 heteroatoms. The summed E-state index contributed by atoms with van der Waals surface area (Å²) in [6.07, 6.45) is 0.430. The van der Waals surface area contributed by atoms with Crippen LogP contribution in [0.15, 0.2) is 78.9 Å². The molecule has 3 aromatic carbocycles. The highest BCUT2D eigenvalue weighted by atomic mass is 32.2. The average Bonchev–Trinajstić information content (AvgIpc) is 2.82. The van der Waals surface area contributed by atoms with E-state index in [0.717, 1.165) is 22.3 Å². The summed E-state index contributed by atoms with van der Waals surface area (Å²) in [6, 6.07) is 23.4. The lowest BCUT2D eigenvalue weighted by Crippen LogP contribution is -2.52. The number of carbonyl (C=O) groups excluding carboxylic acids is 2. The van der Waals surface area contributed by atoms with Crippen LogP contribution in [0.5, 0.6) is 0 Å². The van der Waals surface area contributed by atoms with E-state index >= 15 is 0 Å². The topological polar surface area (TPSA) is 49.4 Å². The molecule has 0 aliphatic rings. The quantitative estimate of drug-likeness (QED) is 0.383. The maximum Gasteiger partial charge on any atom is 0.243 e. The minimum Gasteiger partial charge on any atom is -0.352 e. The molecule has 1 atom stereocenters. The van der Waals surface area contributed by atoms with Crippen LogP contribution in [-0.4, -0.2) is 34.6 Å². The van der Waals surface area contributed by atoms with Crippen molar-refractivity contribution in [1.29, 1.82) is 0 Å². The summed E-state index contributed by atoms with van der Waals surface area (Å²) in [4.78, 5) is 28.6. The number of carbonyl (C=O) groups is 2. The van der Waals surface area contributed by atoms with Gasteiger partial charge in [0.2, 0.25) is 11.8 Å². The molecule has 1 N–H and O–H groups in total. The summed E-state index contributed by atoms with van der Waals surface area (Å²) in [7, 11) is 0. The summed E-state index contributed by atoms with van der Waals surface area (Å²) in [6.45, 7) is 6.20. The predicted octanol–water partition coefficient (Wildman–Crippen LogP) is 5.53. The Balaban J connectivity index is 1.84. The van der Waals surface area contributed by atoms with E-state index < -0.39 is 6.04 Å². The molecule has 0 aromatic heterocycles. The molecule has 0 bridgehead atoms. The van der Waals surface area contributed by atoms with Gasteiger partial charge in [0.1, 0.15) is 11.9 Å². The highest BCUT2D eigenvalue weighted by Crippen LogP contribution is 2.19. The van der Waals surface area contributed by atoms with Crippen LogP contribution in [0.1, 0.15) is 36.1 Å². The Morgan fingerprint density at radius 1 is 0.914 bits per heavy atom. The SMILES string of the molecule is Cc1cccc(CN(C(=O)CSCc2ccc(F)cc2)[C@H](Cc2ccccc2)C(=O)NC(C)C)c1. The molecule has 0 spiro atoms. The standard InChI is InChI=1S/C29H33FN2O2S/c1-21(2)31-29(34)27(17-23-9-5-4-6-10-23)32(18-25-11-7-8-22(3)16-25)28(33)20-35-19-24-12-14-26(30)15-13-24/h4-16,21,27H,17-20H2,1-3H3,(H,31,34)/t27-/m1/s1. The maximum absolute atomic E-state index is 13.6. The van der Waals surface area contributed by atoms with Gasteiger partial charge in [0.25, 0.3) is 0 Å². The lowest BCUT2D eigenvalue weighted by molar-refractivity contribution is -0.139. The third kappa shape index (κ3) is 8.55. The van der Waals surface area contributed by atoms with E-state index in [1.165, 1.54) is 23.9 Å². The number of nitrogens with zero attached hydrogens (tertiary/aromatic N) is 1. The molecule has 35 heavy (non-hydrogen) atoms. The van der Waals surface area contributed by atoms with Gasteiger partial charge in [-0.3, -0.25) is 9.59 Å². The van der Waals surface area contributed by atoms with Gasteiger partial charge in [0.15, 0.2) is 0 Å². The number of hydrogen-bond acceptors (Lipinski definition) is 3. The molecule has 0 saturated heterocycles. The molecule has 4 nitrogen and oxygen atoms in total. The van der Waals surface area contributed by atoms with Gasteiger partial charge >= 0.3 is 0 Å². The van der Waals surface area contributed by atoms with Crippen molar-refractivity contribution < 1.29 is 14.0 Å². The Bertz CT molecular complexity index is 1100. The highest BCUT2D eigenvalue weighted by Gasteiger charge is 2.30. The van der Waals surface area contributed by atoms with Crippen LogP contribution in [0, 0.1) is 12.7 Å². The second kappa shape index (κ2) is 13.1. The van der Waals surface area contributed by atoms with E-state index in [2.05, 4.69) is 5.32 Å². The van der Waals surface area contributed by atoms with Crippen molar-refractivity contribution >= 4 is 23.6 Å². The zero-order valence-corrected chi connectivity index (χ0v) is 21.4. The molecule has 3 rings (SSSR count). The number of benzene rings is 3. The first-order valence-electron chi connectivity index (χ1n) is 11.8. The Kier molecular flexibility index (Phi) is 9.91. The number of thioether (sulfide) groups is 1. The van der Waals surface area contributed by atoms with Gasteiger partial charge in [-0.1, -0.05) is 72.3 Å². The maximum atomic E-state index is 13.6. The van der Waals surface area contributed by atoms with Crippen molar-refractivity contribution in [3.05, 3.63) is 107 Å². The fraction of sp³-hybridized carbons (Fsp3) is 0.310. The van der Waals surface area contributed by atoms with E-state index in [9.17, 15) is 14.0 Å². The van der Waals surface area contributed by atoms with Crippen LogP contribution in [-0.2, 0) is 28.3 Å². The molecular formula is C29H33FN2O2S. The third-order valence-corrected chi connectivity index (χ3v) is 6.53. The molecule has 0 aliphatic heterocycles. The zero-order valence-electron chi connectivity index (χ0n) is 20.5. The van der Waals surface area contributed by atoms with E-state index in [0.29, 0.717) is 18.7 Å². The second-order valence-corrected chi connectivity index (χ2v) is 9.98. The summed E-state index contributed by atoms with van der Waals surface area (Å²) in [5.74, 6) is 0.279. The lowest BCUT2D eigenvalue weighted by atomic mass is 10.0. The molecule has 0 unspecified atom stereocenters. The van der Waals surface area contributed by atoms with E-state index in [1.807, 2.05) is 75.4 Å². The molecule has 0 fully saturated rings. The number of hydrogen-bond donors (Lipinski definition) is 1. The smallest absolute Gasteiger partial charge is 0.243 e. The van der Waals surface area contributed by atoms with Gasteiger partial charge in [-0.2, -0.15) is 0 Å². The zero-order chi connectivity index (χ0) is 25.2. The highest BCUT2D eigenvalue weighted by molar-refractivity contribution is 7.99. The van der Waals surface area contributed by atoms with Gasteiger partial charge in [0, 0.05) is 24.8 Å². The molecule has 0 heterocycles. The van der Waals surface area contributed by atoms with Crippen LogP contribution < -0.4 is 5.32 Å². The molecule has 0 saturated carbocycles. The van der Waals surface area contributed by atoms with E-state index in [4.69, 9.17) is 0 Å². The summed E-state index contributed by atoms with van der Waals surface area (Å²) < 4.78 is 13.2. The molecular weight excluding hydrogens is 459 g/mol. The number of halogens is 1. The van der Waals surface area contributed by atoms with Crippen molar-refractivity contribution in [1.82, 2.24) is 10.2 Å². The van der Waals surface area contributed by atoms with Gasteiger partial charge in [0.05, 0.1) is 5.75 Å². The monoisotopic (exact) mass is 492 g/mol. The van der Waals surface area contributed by atoms with Crippen LogP contribution in [0.4, 0.5) is 4.39 Å². The third-order valence-electron chi connectivity index (χ3n) is 5.54. The first-order valence-corrected chi connectivity index (χ1v) is 13.0. The normalized spacial score (nSPS) is 11.8. The van der Waals surface area contributed by atoms with Crippen LogP contribution >= 0.6 is 11.8 Å². The van der Waals surface area contributed by atoms with Crippen LogP contribution in [0.25, 0.3) is 0 Å². The van der Waals surface area contributed by atoms with Gasteiger partial charge in [-0.25, -0.2) is 4.39 Å². The first kappa shape index (κ1) is 26.5. The lowest BCUT2D eigenvalue weighted by Gasteiger charge is -2.32. The number of amides is 2. The van der Waals surface area contributed by atoms with E-state index in [1.54, 1.807) is 17.0 Å². The summed E-state index contributed by atoms with van der Waals surface area (Å²) in [5, 5.41) is 3.01. The Hall–Kier alpha value is -3.12. The Labute approximate surface area is 211 Å². The van der Waals surface area contributed by atoms with Crippen molar-refractivity contribution in [2.24, 2.45) is 0 Å². The fourth-order valence-corrected chi connectivity index (χ4v) is 4.73. The minimum absolute atomic E-state index is 0.0375. The van der Waals surface area contributed by atoms with Gasteiger partial charge in [-0.05, 0) is 49.6 Å². The summed E-state index contributed by atoms with van der Waals surface area (Å²) in [5.41, 5.74) is 4.04. The Morgan fingerprint density at radius 3 is 2.26 bits per heavy atom. The number of aryl methyl sites for hydroxylation is 1. The van der Waals surface area contributed by atoms with Gasteiger partial charge in [-0.15, -0.1) is 11.8 Å². The van der Waals surface area contributed by atoms with Crippen LogP contribution in [0.3, 0.4) is 0 Å². The molecule has 0 aliphatic carbocycles. The van der Waals surface area contributed by atoms with Crippen molar-refractivity contribution in [2.45, 2.75) is 51.6 Å². The molecule has 0 radical (unpaired) electrons. The predicted molar refractivity (Wildman–Crippen MR) is 142 cm³/mol. The first-order chi connectivity index (χ1) is 16.8. The molecule has 3 aromatic rings. The number of nitrogens with one attached hydrogen (secondary N) is 1.